The fraction of sp³-hybridized carbons (Fsp3) is 0.190. The Hall–Kier alpha value is -4.05. The lowest BCUT2D eigenvalue weighted by Gasteiger charge is -2.25. The minimum atomic E-state index is -0.490. The molecule has 0 unspecified atom stereocenters. The first kappa shape index (κ1) is 18.9. The van der Waals surface area contributed by atoms with Crippen LogP contribution in [0, 0.1) is 0 Å². The fourth-order valence-corrected chi connectivity index (χ4v) is 3.35. The van der Waals surface area contributed by atoms with Crippen LogP contribution in [0.2, 0.25) is 0 Å². The van der Waals surface area contributed by atoms with Gasteiger partial charge in [-0.2, -0.15) is 4.98 Å². The van der Waals surface area contributed by atoms with Crippen molar-refractivity contribution in [2.75, 3.05) is 36.5 Å². The van der Waals surface area contributed by atoms with Gasteiger partial charge in [0.1, 0.15) is 6.33 Å². The van der Waals surface area contributed by atoms with Gasteiger partial charge in [-0.1, -0.05) is 6.07 Å². The molecule has 1 aliphatic heterocycles. The topological polar surface area (TPSA) is 124 Å². The number of anilines is 3. The van der Waals surface area contributed by atoms with Crippen LogP contribution in [0.3, 0.4) is 0 Å². The third-order valence-electron chi connectivity index (χ3n) is 5.03. The molecule has 1 amide bonds. The van der Waals surface area contributed by atoms with E-state index in [1.165, 1.54) is 0 Å². The van der Waals surface area contributed by atoms with Gasteiger partial charge in [0.05, 0.1) is 24.4 Å². The van der Waals surface area contributed by atoms with E-state index in [4.69, 9.17) is 10.5 Å². The van der Waals surface area contributed by atoms with Crippen LogP contribution in [-0.4, -0.2) is 56.9 Å². The molecular weight excluding hydrogens is 396 g/mol. The number of morpholine rings is 1. The first-order valence-corrected chi connectivity index (χ1v) is 9.84. The highest BCUT2D eigenvalue weighted by atomic mass is 16.5. The number of primary amides is 1. The largest absolute Gasteiger partial charge is 0.378 e. The Kier molecular flexibility index (Phi) is 4.89. The van der Waals surface area contributed by atoms with E-state index in [1.54, 1.807) is 35.4 Å². The molecule has 0 aliphatic carbocycles. The molecule has 0 bridgehead atoms. The van der Waals surface area contributed by atoms with E-state index in [9.17, 15) is 4.79 Å². The molecule has 0 radical (unpaired) electrons. The number of nitrogens with two attached hydrogens (primary N) is 1. The lowest BCUT2D eigenvalue weighted by molar-refractivity contribution is 0.100. The lowest BCUT2D eigenvalue weighted by Crippen LogP contribution is -2.37. The first-order valence-electron chi connectivity index (χ1n) is 9.84. The monoisotopic (exact) mass is 416 g/mol. The molecule has 3 N–H and O–H groups in total. The van der Waals surface area contributed by atoms with E-state index >= 15 is 0 Å². The third kappa shape index (κ3) is 4.01. The quantitative estimate of drug-likeness (QED) is 0.505. The predicted octanol–water partition coefficient (Wildman–Crippen LogP) is 1.89. The number of nitrogens with one attached hydrogen (secondary N) is 1. The van der Waals surface area contributed by atoms with Gasteiger partial charge in [0.15, 0.2) is 0 Å². The SMILES string of the molecule is NC(=O)c1ccc2cnc(Nc3ccc(-n4cnc(N5CCOCC5)n4)cc3)nc2c1. The van der Waals surface area contributed by atoms with Crippen molar-refractivity contribution in [2.24, 2.45) is 5.73 Å². The Morgan fingerprint density at radius 1 is 1.06 bits per heavy atom. The number of carbonyl (C=O) groups excluding carboxylic acids is 1. The normalized spacial score (nSPS) is 14.0. The second-order valence-corrected chi connectivity index (χ2v) is 7.09. The number of hydrogen-bond donors (Lipinski definition) is 2. The molecule has 1 aliphatic rings. The van der Waals surface area contributed by atoms with Gasteiger partial charge in [-0.15, -0.1) is 5.10 Å². The van der Waals surface area contributed by atoms with Crippen LogP contribution >= 0.6 is 0 Å². The molecule has 0 atom stereocenters. The van der Waals surface area contributed by atoms with Crippen molar-refractivity contribution < 1.29 is 9.53 Å². The number of rotatable bonds is 5. The Morgan fingerprint density at radius 2 is 1.87 bits per heavy atom. The number of ether oxygens (including phenoxy) is 1. The summed E-state index contributed by atoms with van der Waals surface area (Å²) in [5.41, 5.74) is 8.12. The minimum Gasteiger partial charge on any atom is -0.378 e. The van der Waals surface area contributed by atoms with Crippen molar-refractivity contribution in [1.82, 2.24) is 24.7 Å². The van der Waals surface area contributed by atoms with Crippen LogP contribution in [-0.2, 0) is 4.74 Å². The third-order valence-corrected chi connectivity index (χ3v) is 5.03. The molecule has 2 aromatic carbocycles. The summed E-state index contributed by atoms with van der Waals surface area (Å²) in [6.07, 6.45) is 3.41. The van der Waals surface area contributed by atoms with Gasteiger partial charge in [0.2, 0.25) is 17.8 Å². The molecule has 10 heteroatoms. The summed E-state index contributed by atoms with van der Waals surface area (Å²) in [5.74, 6) is 0.637. The number of hydrogen-bond acceptors (Lipinski definition) is 8. The van der Waals surface area contributed by atoms with Crippen LogP contribution in [0.15, 0.2) is 55.0 Å². The van der Waals surface area contributed by atoms with Crippen molar-refractivity contribution in [3.8, 4) is 5.69 Å². The van der Waals surface area contributed by atoms with E-state index in [1.807, 2.05) is 24.3 Å². The van der Waals surface area contributed by atoms with Gasteiger partial charge in [-0.25, -0.2) is 14.6 Å². The summed E-state index contributed by atoms with van der Waals surface area (Å²) in [6, 6.07) is 12.8. The lowest BCUT2D eigenvalue weighted by atomic mass is 10.1. The van der Waals surface area contributed by atoms with E-state index in [2.05, 4.69) is 30.3 Å². The molecule has 5 rings (SSSR count). The van der Waals surface area contributed by atoms with E-state index in [-0.39, 0.29) is 0 Å². The van der Waals surface area contributed by atoms with Gasteiger partial charge in [-0.3, -0.25) is 4.79 Å². The molecule has 10 nitrogen and oxygen atoms in total. The van der Waals surface area contributed by atoms with Crippen molar-refractivity contribution in [1.29, 1.82) is 0 Å². The summed E-state index contributed by atoms with van der Waals surface area (Å²) in [7, 11) is 0. The smallest absolute Gasteiger partial charge is 0.248 e. The van der Waals surface area contributed by atoms with Crippen molar-refractivity contribution in [2.45, 2.75) is 0 Å². The van der Waals surface area contributed by atoms with Crippen molar-refractivity contribution in [3.63, 3.8) is 0 Å². The molecule has 0 spiro atoms. The maximum absolute atomic E-state index is 11.4. The van der Waals surface area contributed by atoms with Crippen LogP contribution < -0.4 is 16.0 Å². The van der Waals surface area contributed by atoms with E-state index in [0.29, 0.717) is 36.2 Å². The highest BCUT2D eigenvalue weighted by molar-refractivity contribution is 5.96. The minimum absolute atomic E-state index is 0.408. The zero-order valence-corrected chi connectivity index (χ0v) is 16.6. The van der Waals surface area contributed by atoms with Gasteiger partial charge in [-0.05, 0) is 36.4 Å². The number of aromatic nitrogens is 5. The molecule has 0 saturated carbocycles. The van der Waals surface area contributed by atoms with E-state index < -0.39 is 5.91 Å². The highest BCUT2D eigenvalue weighted by Gasteiger charge is 2.15. The maximum Gasteiger partial charge on any atom is 0.248 e. The van der Waals surface area contributed by atoms with Crippen LogP contribution in [0.1, 0.15) is 10.4 Å². The zero-order chi connectivity index (χ0) is 21.2. The zero-order valence-electron chi connectivity index (χ0n) is 16.6. The summed E-state index contributed by atoms with van der Waals surface area (Å²) in [6.45, 7) is 2.96. The van der Waals surface area contributed by atoms with Gasteiger partial charge < -0.3 is 20.7 Å². The number of benzene rings is 2. The molecule has 156 valence electrons. The van der Waals surface area contributed by atoms with Crippen molar-refractivity contribution >= 4 is 34.4 Å². The van der Waals surface area contributed by atoms with Gasteiger partial charge >= 0.3 is 0 Å². The Morgan fingerprint density at radius 3 is 2.65 bits per heavy atom. The maximum atomic E-state index is 11.4. The molecular formula is C21H20N8O2. The summed E-state index contributed by atoms with van der Waals surface area (Å²) >= 11 is 0. The number of carbonyl (C=O) groups is 1. The number of amides is 1. The molecule has 31 heavy (non-hydrogen) atoms. The molecule has 3 heterocycles. The average Bonchev–Trinajstić information content (AvgIpc) is 3.30. The Labute approximate surface area is 177 Å². The fourth-order valence-electron chi connectivity index (χ4n) is 3.35. The summed E-state index contributed by atoms with van der Waals surface area (Å²) < 4.78 is 7.12. The Balaban J connectivity index is 1.32. The first-order chi connectivity index (χ1) is 15.2. The molecule has 2 aromatic heterocycles. The molecule has 1 saturated heterocycles. The molecule has 4 aromatic rings. The van der Waals surface area contributed by atoms with Crippen LogP contribution in [0.4, 0.5) is 17.6 Å². The second-order valence-electron chi connectivity index (χ2n) is 7.09. The highest BCUT2D eigenvalue weighted by Crippen LogP contribution is 2.20. The summed E-state index contributed by atoms with van der Waals surface area (Å²) in [4.78, 5) is 26.7. The predicted molar refractivity (Wildman–Crippen MR) is 116 cm³/mol. The number of fused-ring (bicyclic) bond motifs is 1. The van der Waals surface area contributed by atoms with E-state index in [0.717, 1.165) is 29.9 Å². The van der Waals surface area contributed by atoms with Crippen LogP contribution in [0.5, 0.6) is 0 Å². The summed E-state index contributed by atoms with van der Waals surface area (Å²) in [5, 5.41) is 8.57. The number of nitrogens with zero attached hydrogens (tertiary/aromatic N) is 6. The molecule has 1 fully saturated rings. The Bertz CT molecular complexity index is 1230. The van der Waals surface area contributed by atoms with Crippen LogP contribution in [0.25, 0.3) is 16.6 Å². The average molecular weight is 416 g/mol. The van der Waals surface area contributed by atoms with Gasteiger partial charge in [0.25, 0.3) is 0 Å². The van der Waals surface area contributed by atoms with Gasteiger partial charge in [0, 0.05) is 35.9 Å². The second kappa shape index (κ2) is 8.00. The standard InChI is InChI=1S/C21H20N8O2/c22-19(30)14-1-2-15-12-23-20(26-18(15)11-14)25-16-3-5-17(6-4-16)29-13-24-21(27-29)28-7-9-31-10-8-28/h1-6,11-13H,7-10H2,(H2,22,30)(H,23,25,26). The van der Waals surface area contributed by atoms with Crippen molar-refractivity contribution in [3.05, 3.63) is 60.6 Å².